The van der Waals surface area contributed by atoms with Gasteiger partial charge in [-0.3, -0.25) is 9.35 Å². The maximum Gasteiger partial charge on any atom is 0.266 e. The molecule has 0 aromatic carbocycles. The predicted molar refractivity (Wildman–Crippen MR) is 48.8 cm³/mol. The molecule has 0 bridgehead atoms. The van der Waals surface area contributed by atoms with Crippen molar-refractivity contribution in [2.24, 2.45) is 0 Å². The molecule has 0 rings (SSSR count). The second-order valence-electron chi connectivity index (χ2n) is 2.75. The third kappa shape index (κ3) is 4.64. The molecule has 0 fully saturated rings. The van der Waals surface area contributed by atoms with E-state index in [4.69, 9.17) is 4.55 Å². The lowest BCUT2D eigenvalue weighted by atomic mass is 10.3. The summed E-state index contributed by atoms with van der Waals surface area (Å²) >= 11 is 0. The van der Waals surface area contributed by atoms with Crippen LogP contribution in [-0.4, -0.2) is 42.6 Å². The van der Waals surface area contributed by atoms with Crippen LogP contribution in [0.15, 0.2) is 12.7 Å². The molecule has 13 heavy (non-hydrogen) atoms. The highest BCUT2D eigenvalue weighted by Gasteiger charge is 2.18. The monoisotopic (exact) mass is 207 g/mol. The van der Waals surface area contributed by atoms with Gasteiger partial charge < -0.3 is 4.90 Å². The van der Waals surface area contributed by atoms with Crippen molar-refractivity contribution in [3.05, 3.63) is 12.7 Å². The van der Waals surface area contributed by atoms with Gasteiger partial charge in [-0.25, -0.2) is 0 Å². The lowest BCUT2D eigenvalue weighted by Crippen LogP contribution is -2.38. The average molecular weight is 207 g/mol. The first kappa shape index (κ1) is 12.1. The smallest absolute Gasteiger partial charge is 0.266 e. The highest BCUT2D eigenvalue weighted by molar-refractivity contribution is 7.85. The van der Waals surface area contributed by atoms with E-state index < -0.39 is 21.9 Å². The second kappa shape index (κ2) is 4.38. The maximum atomic E-state index is 11.0. The van der Waals surface area contributed by atoms with Gasteiger partial charge in [0.15, 0.2) is 0 Å². The van der Waals surface area contributed by atoms with E-state index in [0.29, 0.717) is 0 Å². The molecule has 0 saturated carbocycles. The molecule has 0 aliphatic heterocycles. The van der Waals surface area contributed by atoms with Crippen molar-refractivity contribution in [2.75, 3.05) is 12.8 Å². The Morgan fingerprint density at radius 3 is 2.46 bits per heavy atom. The molecule has 0 saturated heterocycles. The Balaban J connectivity index is 4.36. The molecular formula is C7H13NO4S. The SMILES string of the molecule is C=CC(=O)N(C)C(C)CS(=O)(=O)O. The van der Waals surface area contributed by atoms with Crippen LogP contribution in [0.25, 0.3) is 0 Å². The highest BCUT2D eigenvalue weighted by Crippen LogP contribution is 2.00. The van der Waals surface area contributed by atoms with Crippen LogP contribution >= 0.6 is 0 Å². The topological polar surface area (TPSA) is 74.7 Å². The van der Waals surface area contributed by atoms with Gasteiger partial charge in [-0.15, -0.1) is 0 Å². The highest BCUT2D eigenvalue weighted by atomic mass is 32.2. The van der Waals surface area contributed by atoms with Gasteiger partial charge in [0.25, 0.3) is 10.1 Å². The molecular weight excluding hydrogens is 194 g/mol. The van der Waals surface area contributed by atoms with Crippen LogP contribution in [0, 0.1) is 0 Å². The molecule has 0 aromatic rings. The van der Waals surface area contributed by atoms with Crippen LogP contribution in [0.1, 0.15) is 6.92 Å². The fraction of sp³-hybridized carbons (Fsp3) is 0.571. The fourth-order valence-corrected chi connectivity index (χ4v) is 1.61. The summed E-state index contributed by atoms with van der Waals surface area (Å²) in [6.45, 7) is 4.78. The van der Waals surface area contributed by atoms with Crippen molar-refractivity contribution in [1.82, 2.24) is 4.90 Å². The summed E-state index contributed by atoms with van der Waals surface area (Å²) in [5.74, 6) is -0.848. The zero-order chi connectivity index (χ0) is 10.6. The van der Waals surface area contributed by atoms with Gasteiger partial charge in [0.05, 0.1) is 5.75 Å². The summed E-state index contributed by atoms with van der Waals surface area (Å²) in [6, 6.07) is -0.569. The second-order valence-corrected chi connectivity index (χ2v) is 4.25. The number of rotatable bonds is 4. The Labute approximate surface area is 77.8 Å². The molecule has 0 aliphatic carbocycles. The van der Waals surface area contributed by atoms with Crippen molar-refractivity contribution >= 4 is 16.0 Å². The molecule has 76 valence electrons. The van der Waals surface area contributed by atoms with Crippen molar-refractivity contribution in [3.63, 3.8) is 0 Å². The van der Waals surface area contributed by atoms with Crippen LogP contribution in [0.4, 0.5) is 0 Å². The number of amides is 1. The zero-order valence-electron chi connectivity index (χ0n) is 7.60. The minimum Gasteiger partial charge on any atom is -0.338 e. The molecule has 0 radical (unpaired) electrons. The molecule has 0 spiro atoms. The number of carbonyl (C=O) groups is 1. The van der Waals surface area contributed by atoms with Crippen LogP contribution in [-0.2, 0) is 14.9 Å². The first-order valence-electron chi connectivity index (χ1n) is 3.62. The third-order valence-corrected chi connectivity index (χ3v) is 2.54. The lowest BCUT2D eigenvalue weighted by Gasteiger charge is -2.22. The quantitative estimate of drug-likeness (QED) is 0.516. The molecule has 1 amide bonds. The van der Waals surface area contributed by atoms with Gasteiger partial charge in [-0.05, 0) is 13.0 Å². The summed E-state index contributed by atoms with van der Waals surface area (Å²) in [5.41, 5.74) is 0. The molecule has 0 aromatic heterocycles. The molecule has 1 atom stereocenters. The standard InChI is InChI=1S/C7H13NO4S/c1-4-7(9)8(3)6(2)5-13(10,11)12/h4,6H,1,5H2,2-3H3,(H,10,11,12). The maximum absolute atomic E-state index is 11.0. The van der Waals surface area contributed by atoms with E-state index in [1.807, 2.05) is 0 Å². The lowest BCUT2D eigenvalue weighted by molar-refractivity contribution is -0.126. The van der Waals surface area contributed by atoms with E-state index >= 15 is 0 Å². The Hall–Kier alpha value is -0.880. The molecule has 1 unspecified atom stereocenters. The molecule has 1 N–H and O–H groups in total. The van der Waals surface area contributed by atoms with Crippen LogP contribution in [0.3, 0.4) is 0 Å². The van der Waals surface area contributed by atoms with Crippen LogP contribution in [0.5, 0.6) is 0 Å². The summed E-state index contributed by atoms with van der Waals surface area (Å²) in [7, 11) is -2.59. The fourth-order valence-electron chi connectivity index (χ4n) is 0.778. The van der Waals surface area contributed by atoms with Crippen molar-refractivity contribution in [3.8, 4) is 0 Å². The zero-order valence-corrected chi connectivity index (χ0v) is 8.41. The summed E-state index contributed by atoms with van der Waals surface area (Å²) in [5, 5.41) is 0. The first-order valence-corrected chi connectivity index (χ1v) is 5.23. The van der Waals surface area contributed by atoms with E-state index in [0.717, 1.165) is 6.08 Å². The first-order chi connectivity index (χ1) is 5.78. The third-order valence-electron chi connectivity index (χ3n) is 1.64. The van der Waals surface area contributed by atoms with Gasteiger partial charge >= 0.3 is 0 Å². The van der Waals surface area contributed by atoms with E-state index in [9.17, 15) is 13.2 Å². The van der Waals surface area contributed by atoms with Gasteiger partial charge in [-0.2, -0.15) is 8.42 Å². The van der Waals surface area contributed by atoms with Gasteiger partial charge in [-0.1, -0.05) is 6.58 Å². The normalized spacial score (nSPS) is 13.5. The molecule has 6 heteroatoms. The summed E-state index contributed by atoms with van der Waals surface area (Å²) in [4.78, 5) is 12.2. The van der Waals surface area contributed by atoms with Crippen molar-refractivity contribution in [2.45, 2.75) is 13.0 Å². The largest absolute Gasteiger partial charge is 0.338 e. The number of hydrogen-bond acceptors (Lipinski definition) is 3. The predicted octanol–water partition coefficient (Wildman–Crippen LogP) is -0.0929. The van der Waals surface area contributed by atoms with E-state index in [2.05, 4.69) is 6.58 Å². The molecule has 0 heterocycles. The van der Waals surface area contributed by atoms with Crippen LogP contribution in [0.2, 0.25) is 0 Å². The van der Waals surface area contributed by atoms with E-state index in [1.165, 1.54) is 18.9 Å². The number of hydrogen-bond donors (Lipinski definition) is 1. The number of likely N-dealkylation sites (N-methyl/N-ethyl adjacent to an activating group) is 1. The van der Waals surface area contributed by atoms with E-state index in [-0.39, 0.29) is 5.91 Å². The average Bonchev–Trinajstić information content (AvgIpc) is 1.98. The van der Waals surface area contributed by atoms with Crippen LogP contribution < -0.4 is 0 Å². The van der Waals surface area contributed by atoms with Crippen molar-refractivity contribution in [1.29, 1.82) is 0 Å². The Morgan fingerprint density at radius 1 is 1.69 bits per heavy atom. The minimum atomic E-state index is -4.04. The van der Waals surface area contributed by atoms with Gasteiger partial charge in [0.1, 0.15) is 0 Å². The molecule has 0 aliphatic rings. The Bertz CT molecular complexity index is 296. The Morgan fingerprint density at radius 2 is 2.15 bits per heavy atom. The summed E-state index contributed by atoms with van der Waals surface area (Å²) < 4.78 is 29.4. The minimum absolute atomic E-state index is 0.379. The number of carbonyl (C=O) groups excluding carboxylic acids is 1. The Kier molecular flexibility index (Phi) is 4.09. The van der Waals surface area contributed by atoms with Gasteiger partial charge in [0.2, 0.25) is 5.91 Å². The number of nitrogens with zero attached hydrogens (tertiary/aromatic N) is 1. The van der Waals surface area contributed by atoms with Gasteiger partial charge in [0, 0.05) is 13.1 Å². The molecule has 5 nitrogen and oxygen atoms in total. The summed E-state index contributed by atoms with van der Waals surface area (Å²) in [6.07, 6.45) is 1.08. The van der Waals surface area contributed by atoms with Crippen molar-refractivity contribution < 1.29 is 17.8 Å². The van der Waals surface area contributed by atoms with E-state index in [1.54, 1.807) is 0 Å².